The normalized spacial score (nSPS) is 10.8. The van der Waals surface area contributed by atoms with Gasteiger partial charge < -0.3 is 15.2 Å². The number of amides is 2. The Kier molecular flexibility index (Phi) is 7.68. The standard InChI is InChI=1S/C23H20N4O6/c24-21(25-22(28)32-15-17-8-3-1-4-9-17)26(19-12-7-13-20(14-19)27(30)31)23(29)33-16-18-10-5-2-6-11-18/h1-14H,15-16H2,(H2,24,25,28). The van der Waals surface area contributed by atoms with Gasteiger partial charge in [0, 0.05) is 12.1 Å². The highest BCUT2D eigenvalue weighted by Gasteiger charge is 2.24. The zero-order chi connectivity index (χ0) is 23.6. The molecule has 0 heterocycles. The van der Waals surface area contributed by atoms with Crippen LogP contribution in [0.3, 0.4) is 0 Å². The van der Waals surface area contributed by atoms with Crippen molar-refractivity contribution in [2.75, 3.05) is 4.90 Å². The summed E-state index contributed by atoms with van der Waals surface area (Å²) < 4.78 is 10.3. The number of nitro groups is 1. The molecule has 0 saturated heterocycles. The predicted molar refractivity (Wildman–Crippen MR) is 120 cm³/mol. The van der Waals surface area contributed by atoms with Crippen LogP contribution in [-0.4, -0.2) is 23.1 Å². The molecule has 0 radical (unpaired) electrons. The molecule has 0 aliphatic carbocycles. The van der Waals surface area contributed by atoms with E-state index in [9.17, 15) is 19.7 Å². The summed E-state index contributed by atoms with van der Waals surface area (Å²) in [5.74, 6) is -0.563. The summed E-state index contributed by atoms with van der Waals surface area (Å²) in [6, 6.07) is 22.9. The molecule has 0 bridgehead atoms. The first-order valence-corrected chi connectivity index (χ1v) is 9.74. The smallest absolute Gasteiger partial charge is 0.437 e. The summed E-state index contributed by atoms with van der Waals surface area (Å²) in [5.41, 5.74) is 7.08. The van der Waals surface area contributed by atoms with Crippen molar-refractivity contribution in [1.29, 1.82) is 0 Å². The third-order valence-electron chi connectivity index (χ3n) is 4.33. The zero-order valence-electron chi connectivity index (χ0n) is 17.4. The SMILES string of the molecule is N/C(=N\C(=O)OCc1ccccc1)N(C(=O)OCc1ccccc1)c1cccc([N+](=O)[O-])c1. The van der Waals surface area contributed by atoms with Crippen LogP contribution in [0.1, 0.15) is 11.1 Å². The maximum absolute atomic E-state index is 12.8. The number of non-ortho nitro benzene ring substituents is 1. The lowest BCUT2D eigenvalue weighted by Gasteiger charge is -2.21. The number of nitrogens with zero attached hydrogens (tertiary/aromatic N) is 3. The lowest BCUT2D eigenvalue weighted by atomic mass is 10.2. The largest absolute Gasteiger partial charge is 0.444 e. The Balaban J connectivity index is 1.81. The summed E-state index contributed by atoms with van der Waals surface area (Å²) in [6.45, 7) is -0.136. The summed E-state index contributed by atoms with van der Waals surface area (Å²) in [6.07, 6.45) is -2.01. The average Bonchev–Trinajstić information content (AvgIpc) is 2.83. The quantitative estimate of drug-likeness (QED) is 0.255. The topological polar surface area (TPSA) is 137 Å². The van der Waals surface area contributed by atoms with Gasteiger partial charge in [-0.3, -0.25) is 10.1 Å². The van der Waals surface area contributed by atoms with Gasteiger partial charge in [-0.25, -0.2) is 14.5 Å². The molecule has 10 nitrogen and oxygen atoms in total. The Morgan fingerprint density at radius 3 is 2.03 bits per heavy atom. The van der Waals surface area contributed by atoms with Crippen LogP contribution < -0.4 is 10.6 Å². The molecule has 3 aromatic rings. The number of ether oxygens (including phenoxy) is 2. The molecule has 33 heavy (non-hydrogen) atoms. The number of aliphatic imine (C=N–C) groups is 1. The van der Waals surface area contributed by atoms with E-state index in [1.54, 1.807) is 48.5 Å². The van der Waals surface area contributed by atoms with Crippen molar-refractivity contribution in [3.05, 3.63) is 106 Å². The van der Waals surface area contributed by atoms with Crippen LogP contribution in [0.2, 0.25) is 0 Å². The summed E-state index contributed by atoms with van der Waals surface area (Å²) in [5, 5.41) is 11.2. The Morgan fingerprint density at radius 1 is 0.879 bits per heavy atom. The first kappa shape index (κ1) is 22.9. The minimum atomic E-state index is -1.04. The molecule has 168 valence electrons. The molecule has 2 amide bonds. The van der Waals surface area contributed by atoms with E-state index < -0.39 is 23.1 Å². The van der Waals surface area contributed by atoms with Gasteiger partial charge in [-0.15, -0.1) is 4.99 Å². The van der Waals surface area contributed by atoms with E-state index in [0.717, 1.165) is 16.5 Å². The fourth-order valence-electron chi connectivity index (χ4n) is 2.76. The van der Waals surface area contributed by atoms with Crippen molar-refractivity contribution in [1.82, 2.24) is 0 Å². The molecular weight excluding hydrogens is 428 g/mol. The van der Waals surface area contributed by atoms with Crippen molar-refractivity contribution in [2.24, 2.45) is 10.7 Å². The number of carbonyl (C=O) groups is 2. The predicted octanol–water partition coefficient (Wildman–Crippen LogP) is 4.39. The molecule has 0 aliphatic heterocycles. The highest BCUT2D eigenvalue weighted by Crippen LogP contribution is 2.22. The van der Waals surface area contributed by atoms with Crippen molar-refractivity contribution in [3.8, 4) is 0 Å². The van der Waals surface area contributed by atoms with Gasteiger partial charge in [-0.2, -0.15) is 0 Å². The van der Waals surface area contributed by atoms with Crippen LogP contribution >= 0.6 is 0 Å². The summed E-state index contributed by atoms with van der Waals surface area (Å²) in [7, 11) is 0. The Bertz CT molecular complexity index is 1150. The van der Waals surface area contributed by atoms with Crippen molar-refractivity contribution in [3.63, 3.8) is 0 Å². The second-order valence-electron chi connectivity index (χ2n) is 6.66. The molecule has 0 fully saturated rings. The third kappa shape index (κ3) is 6.62. The number of hydrogen-bond donors (Lipinski definition) is 1. The van der Waals surface area contributed by atoms with Crippen LogP contribution in [0.25, 0.3) is 0 Å². The van der Waals surface area contributed by atoms with Gasteiger partial charge in [-0.1, -0.05) is 66.7 Å². The Morgan fingerprint density at radius 2 is 1.45 bits per heavy atom. The summed E-state index contributed by atoms with van der Waals surface area (Å²) in [4.78, 5) is 39.9. The number of benzene rings is 3. The molecule has 0 atom stereocenters. The highest BCUT2D eigenvalue weighted by atomic mass is 16.6. The molecule has 0 aliphatic rings. The van der Waals surface area contributed by atoms with E-state index >= 15 is 0 Å². The molecule has 0 aromatic heterocycles. The van der Waals surface area contributed by atoms with Gasteiger partial charge in [0.15, 0.2) is 0 Å². The molecule has 2 N–H and O–H groups in total. The molecule has 0 spiro atoms. The fraction of sp³-hybridized carbons (Fsp3) is 0.0870. The van der Waals surface area contributed by atoms with Gasteiger partial charge >= 0.3 is 12.2 Å². The van der Waals surface area contributed by atoms with E-state index in [1.165, 1.54) is 18.2 Å². The van der Waals surface area contributed by atoms with Crippen molar-refractivity contribution < 1.29 is 24.0 Å². The number of guanidine groups is 1. The maximum atomic E-state index is 12.8. The molecule has 3 aromatic carbocycles. The summed E-state index contributed by atoms with van der Waals surface area (Å²) >= 11 is 0. The van der Waals surface area contributed by atoms with Crippen LogP contribution in [0.4, 0.5) is 21.0 Å². The number of hydrogen-bond acceptors (Lipinski definition) is 6. The van der Waals surface area contributed by atoms with Crippen molar-refractivity contribution >= 4 is 29.5 Å². The number of anilines is 1. The van der Waals surface area contributed by atoms with Crippen LogP contribution in [0, 0.1) is 10.1 Å². The fourth-order valence-corrected chi connectivity index (χ4v) is 2.76. The van der Waals surface area contributed by atoms with Gasteiger partial charge in [-0.05, 0) is 17.2 Å². The number of carbonyl (C=O) groups excluding carboxylic acids is 2. The second-order valence-corrected chi connectivity index (χ2v) is 6.66. The lowest BCUT2D eigenvalue weighted by Crippen LogP contribution is -2.43. The monoisotopic (exact) mass is 448 g/mol. The molecule has 3 rings (SSSR count). The van der Waals surface area contributed by atoms with Gasteiger partial charge in [0.05, 0.1) is 10.6 Å². The van der Waals surface area contributed by atoms with Crippen molar-refractivity contribution in [2.45, 2.75) is 13.2 Å². The number of rotatable bonds is 6. The van der Waals surface area contributed by atoms with E-state index in [2.05, 4.69) is 4.99 Å². The van der Waals surface area contributed by atoms with Gasteiger partial charge in [0.25, 0.3) is 5.69 Å². The first-order valence-electron chi connectivity index (χ1n) is 9.74. The average molecular weight is 448 g/mol. The van der Waals surface area contributed by atoms with E-state index in [-0.39, 0.29) is 24.6 Å². The van der Waals surface area contributed by atoms with E-state index in [0.29, 0.717) is 5.56 Å². The van der Waals surface area contributed by atoms with E-state index in [4.69, 9.17) is 15.2 Å². The number of nitro benzene ring substituents is 1. The van der Waals surface area contributed by atoms with Gasteiger partial charge in [0.2, 0.25) is 5.96 Å². The maximum Gasteiger partial charge on any atom is 0.437 e. The number of nitrogens with two attached hydrogens (primary N) is 1. The molecular formula is C23H20N4O6. The second kappa shape index (κ2) is 11.0. The molecule has 0 unspecified atom stereocenters. The minimum absolute atomic E-state index is 0.000582. The van der Waals surface area contributed by atoms with Gasteiger partial charge in [0.1, 0.15) is 13.2 Å². The minimum Gasteiger partial charge on any atom is -0.444 e. The van der Waals surface area contributed by atoms with E-state index in [1.807, 2.05) is 12.1 Å². The van der Waals surface area contributed by atoms with Crippen LogP contribution in [0.5, 0.6) is 0 Å². The third-order valence-corrected chi connectivity index (χ3v) is 4.33. The first-order chi connectivity index (χ1) is 15.9. The van der Waals surface area contributed by atoms with Crippen LogP contribution in [-0.2, 0) is 22.7 Å². The Labute approximate surface area is 189 Å². The lowest BCUT2D eigenvalue weighted by molar-refractivity contribution is -0.384. The zero-order valence-corrected chi connectivity index (χ0v) is 17.4. The Hall–Kier alpha value is -4.73. The highest BCUT2D eigenvalue weighted by molar-refractivity contribution is 6.15. The molecule has 0 saturated carbocycles. The van der Waals surface area contributed by atoms with Crippen LogP contribution in [0.15, 0.2) is 89.9 Å². The molecule has 10 heteroatoms.